The van der Waals surface area contributed by atoms with E-state index in [9.17, 15) is 4.79 Å². The van der Waals surface area contributed by atoms with Gasteiger partial charge in [0, 0.05) is 19.2 Å². The molecule has 0 aliphatic heterocycles. The zero-order chi connectivity index (χ0) is 10.4. The summed E-state index contributed by atoms with van der Waals surface area (Å²) in [5.41, 5.74) is 0.753. The number of hydrogen-bond acceptors (Lipinski definition) is 3. The fourth-order valence-corrected chi connectivity index (χ4v) is 1.05. The molecule has 1 rings (SSSR count). The summed E-state index contributed by atoms with van der Waals surface area (Å²) in [6.45, 7) is 0.677. The molecule has 4 nitrogen and oxygen atoms in total. The summed E-state index contributed by atoms with van der Waals surface area (Å²) in [6.07, 6.45) is 9.69. The lowest BCUT2D eigenvalue weighted by molar-refractivity contribution is -0.140. The molecule has 4 heteroatoms. The minimum Gasteiger partial charge on any atom is -0.469 e. The van der Waals surface area contributed by atoms with Crippen LogP contribution in [0.2, 0.25) is 0 Å². The molecule has 0 spiro atoms. The molecule has 0 aliphatic carbocycles. The lowest BCUT2D eigenvalue weighted by Gasteiger charge is -1.99. The Balaban J connectivity index is 2.32. The van der Waals surface area contributed by atoms with Crippen molar-refractivity contribution in [2.45, 2.75) is 19.4 Å². The Labute approximate surface area is 82.9 Å². The van der Waals surface area contributed by atoms with Gasteiger partial charge < -0.3 is 4.74 Å². The van der Waals surface area contributed by atoms with Crippen LogP contribution in [0.1, 0.15) is 18.4 Å². The molecular weight excluding hydrogens is 180 g/mol. The van der Waals surface area contributed by atoms with Gasteiger partial charge in [0.1, 0.15) is 0 Å². The van der Waals surface area contributed by atoms with Crippen LogP contribution in [0.4, 0.5) is 0 Å². The smallest absolute Gasteiger partial charge is 0.305 e. The number of hydrogen-bond donors (Lipinski definition) is 0. The Morgan fingerprint density at radius 3 is 3.14 bits per heavy atom. The van der Waals surface area contributed by atoms with Gasteiger partial charge in [-0.2, -0.15) is 5.10 Å². The average Bonchev–Trinajstić information content (AvgIpc) is 2.65. The number of carbonyl (C=O) groups excluding carboxylic acids is 1. The molecule has 0 saturated heterocycles. The third-order valence-corrected chi connectivity index (χ3v) is 1.80. The van der Waals surface area contributed by atoms with Crippen LogP contribution >= 0.6 is 0 Å². The Hall–Kier alpha value is -1.76. The van der Waals surface area contributed by atoms with Gasteiger partial charge in [-0.3, -0.25) is 9.48 Å². The molecule has 0 aromatic carbocycles. The highest BCUT2D eigenvalue weighted by Crippen LogP contribution is 1.99. The summed E-state index contributed by atoms with van der Waals surface area (Å²) in [7, 11) is 1.38. The molecule has 1 aromatic heterocycles. The van der Waals surface area contributed by atoms with Gasteiger partial charge in [-0.25, -0.2) is 0 Å². The first-order chi connectivity index (χ1) is 6.76. The highest BCUT2D eigenvalue weighted by Gasteiger charge is 2.00. The van der Waals surface area contributed by atoms with E-state index in [1.54, 1.807) is 17.1 Å². The first kappa shape index (κ1) is 10.3. The van der Waals surface area contributed by atoms with Crippen LogP contribution in [0.25, 0.3) is 0 Å². The molecule has 0 atom stereocenters. The quantitative estimate of drug-likeness (QED) is 0.524. The molecule has 0 amide bonds. The van der Waals surface area contributed by atoms with E-state index in [2.05, 4.69) is 15.8 Å². The van der Waals surface area contributed by atoms with Crippen molar-refractivity contribution in [1.82, 2.24) is 9.78 Å². The number of aromatic nitrogens is 2. The number of terminal acetylenes is 1. The van der Waals surface area contributed by atoms with E-state index in [0.29, 0.717) is 19.4 Å². The number of esters is 1. The minimum atomic E-state index is -0.200. The van der Waals surface area contributed by atoms with Gasteiger partial charge in [0.2, 0.25) is 0 Å². The van der Waals surface area contributed by atoms with E-state index in [1.807, 2.05) is 0 Å². The van der Waals surface area contributed by atoms with Crippen molar-refractivity contribution < 1.29 is 9.53 Å². The van der Waals surface area contributed by atoms with Gasteiger partial charge in [-0.1, -0.05) is 5.92 Å². The number of aryl methyl sites for hydroxylation is 1. The van der Waals surface area contributed by atoms with Gasteiger partial charge in [0.15, 0.2) is 0 Å². The van der Waals surface area contributed by atoms with Crippen LogP contribution in [0.15, 0.2) is 12.4 Å². The minimum absolute atomic E-state index is 0.200. The molecule has 0 fully saturated rings. The summed E-state index contributed by atoms with van der Waals surface area (Å²) >= 11 is 0. The highest BCUT2D eigenvalue weighted by atomic mass is 16.5. The second-order valence-electron chi connectivity index (χ2n) is 2.82. The predicted molar refractivity (Wildman–Crippen MR) is 51.4 cm³/mol. The third kappa shape index (κ3) is 2.94. The molecule has 0 N–H and O–H groups in total. The first-order valence-electron chi connectivity index (χ1n) is 4.32. The Kier molecular flexibility index (Phi) is 3.74. The molecule has 0 bridgehead atoms. The number of ether oxygens (including phenoxy) is 1. The van der Waals surface area contributed by atoms with Crippen LogP contribution in [-0.2, 0) is 16.1 Å². The van der Waals surface area contributed by atoms with E-state index in [4.69, 9.17) is 6.42 Å². The highest BCUT2D eigenvalue weighted by molar-refractivity contribution is 5.68. The molecule has 1 heterocycles. The second kappa shape index (κ2) is 5.07. The van der Waals surface area contributed by atoms with Crippen molar-refractivity contribution in [3.63, 3.8) is 0 Å². The molecule has 0 saturated carbocycles. The maximum Gasteiger partial charge on any atom is 0.305 e. The summed E-state index contributed by atoms with van der Waals surface area (Å²) in [5, 5.41) is 4.03. The first-order valence-corrected chi connectivity index (χ1v) is 4.32. The molecule has 0 radical (unpaired) electrons. The van der Waals surface area contributed by atoms with Gasteiger partial charge in [0.05, 0.1) is 18.9 Å². The van der Waals surface area contributed by atoms with E-state index in [1.165, 1.54) is 7.11 Å². The molecule has 0 unspecified atom stereocenters. The summed E-state index contributed by atoms with van der Waals surface area (Å²) < 4.78 is 6.23. The van der Waals surface area contributed by atoms with Gasteiger partial charge in [0.25, 0.3) is 0 Å². The fraction of sp³-hybridized carbons (Fsp3) is 0.400. The van der Waals surface area contributed by atoms with E-state index < -0.39 is 0 Å². The molecule has 14 heavy (non-hydrogen) atoms. The molecule has 74 valence electrons. The van der Waals surface area contributed by atoms with Crippen molar-refractivity contribution in [2.24, 2.45) is 0 Å². The number of methoxy groups -OCH3 is 1. The van der Waals surface area contributed by atoms with Crippen molar-refractivity contribution in [3.05, 3.63) is 18.0 Å². The van der Waals surface area contributed by atoms with E-state index >= 15 is 0 Å². The lowest BCUT2D eigenvalue weighted by atomic mass is 10.3. The van der Waals surface area contributed by atoms with Gasteiger partial charge in [-0.15, -0.1) is 6.42 Å². The standard InChI is InChI=1S/C10H12N2O2/c1-3-9-7-11-12(8-9)6-4-5-10(13)14-2/h1,7-8H,4-6H2,2H3. The normalized spacial score (nSPS) is 9.43. The SMILES string of the molecule is C#Cc1cnn(CCCC(=O)OC)c1. The zero-order valence-corrected chi connectivity index (χ0v) is 8.06. The van der Waals surface area contributed by atoms with Crippen LogP contribution in [-0.4, -0.2) is 22.9 Å². The monoisotopic (exact) mass is 192 g/mol. The topological polar surface area (TPSA) is 44.1 Å². The summed E-state index contributed by atoms with van der Waals surface area (Å²) in [4.78, 5) is 10.8. The third-order valence-electron chi connectivity index (χ3n) is 1.80. The largest absolute Gasteiger partial charge is 0.469 e. The molecular formula is C10H12N2O2. The van der Waals surface area contributed by atoms with Gasteiger partial charge in [-0.05, 0) is 6.42 Å². The van der Waals surface area contributed by atoms with Crippen molar-refractivity contribution in [2.75, 3.05) is 7.11 Å². The van der Waals surface area contributed by atoms with Gasteiger partial charge >= 0.3 is 5.97 Å². The van der Waals surface area contributed by atoms with E-state index in [0.717, 1.165) is 5.56 Å². The fourth-order valence-electron chi connectivity index (χ4n) is 1.05. The zero-order valence-electron chi connectivity index (χ0n) is 8.06. The molecule has 1 aromatic rings. The summed E-state index contributed by atoms with van der Waals surface area (Å²) in [6, 6.07) is 0. The average molecular weight is 192 g/mol. The van der Waals surface area contributed by atoms with Crippen LogP contribution in [0.3, 0.4) is 0 Å². The number of carbonyl (C=O) groups is 1. The second-order valence-corrected chi connectivity index (χ2v) is 2.82. The Bertz CT molecular complexity index is 349. The van der Waals surface area contributed by atoms with Crippen LogP contribution < -0.4 is 0 Å². The molecule has 0 aliphatic rings. The number of rotatable bonds is 4. The van der Waals surface area contributed by atoms with Crippen LogP contribution in [0, 0.1) is 12.3 Å². The maximum absolute atomic E-state index is 10.8. The van der Waals surface area contributed by atoms with E-state index in [-0.39, 0.29) is 5.97 Å². The Morgan fingerprint density at radius 2 is 2.57 bits per heavy atom. The summed E-state index contributed by atoms with van der Waals surface area (Å²) in [5.74, 6) is 2.28. The van der Waals surface area contributed by atoms with Crippen molar-refractivity contribution in [1.29, 1.82) is 0 Å². The number of nitrogens with zero attached hydrogens (tertiary/aromatic N) is 2. The van der Waals surface area contributed by atoms with Crippen molar-refractivity contribution in [3.8, 4) is 12.3 Å². The van der Waals surface area contributed by atoms with Crippen molar-refractivity contribution >= 4 is 5.97 Å². The predicted octanol–water partition coefficient (Wildman–Crippen LogP) is 0.818. The maximum atomic E-state index is 10.8. The Morgan fingerprint density at radius 1 is 1.79 bits per heavy atom. The van der Waals surface area contributed by atoms with Crippen LogP contribution in [0.5, 0.6) is 0 Å². The lowest BCUT2D eigenvalue weighted by Crippen LogP contribution is -2.04.